The third kappa shape index (κ3) is 3.94. The first-order valence-electron chi connectivity index (χ1n) is 8.64. The Morgan fingerprint density at radius 2 is 1.81 bits per heavy atom. The maximum absolute atomic E-state index is 12.7. The molecule has 144 valence electrons. The minimum atomic E-state index is -3.60. The van der Waals surface area contributed by atoms with Gasteiger partial charge in [-0.1, -0.05) is 0 Å². The molecule has 0 unspecified atom stereocenters. The summed E-state index contributed by atoms with van der Waals surface area (Å²) in [7, 11) is -0.399. The first kappa shape index (κ1) is 19.3. The Morgan fingerprint density at radius 3 is 2.52 bits per heavy atom. The summed E-state index contributed by atoms with van der Waals surface area (Å²) in [5.41, 5.74) is 3.47. The Morgan fingerprint density at radius 1 is 1.04 bits per heavy atom. The molecule has 2 N–H and O–H groups in total. The van der Waals surface area contributed by atoms with E-state index in [2.05, 4.69) is 9.71 Å². The third-order valence-corrected chi connectivity index (χ3v) is 6.25. The molecule has 0 spiro atoms. The lowest BCUT2D eigenvalue weighted by Gasteiger charge is -2.12. The Kier molecular flexibility index (Phi) is 5.43. The smallest absolute Gasteiger partial charge is 0.240 e. The van der Waals surface area contributed by atoms with Gasteiger partial charge in [0.15, 0.2) is 0 Å². The molecule has 0 saturated carbocycles. The Bertz CT molecular complexity index is 1070. The predicted molar refractivity (Wildman–Crippen MR) is 106 cm³/mol. The fourth-order valence-electron chi connectivity index (χ4n) is 3.16. The molecule has 1 heterocycles. The summed E-state index contributed by atoms with van der Waals surface area (Å²) in [6.45, 7) is 3.90. The fraction of sp³-hybridized carbons (Fsp3) is 0.300. The van der Waals surface area contributed by atoms with Gasteiger partial charge in [0.05, 0.1) is 19.1 Å². The molecule has 0 saturated heterocycles. The summed E-state index contributed by atoms with van der Waals surface area (Å²) in [5, 5.41) is 1.03. The molecule has 3 rings (SSSR count). The lowest BCUT2D eigenvalue weighted by Crippen LogP contribution is -2.26. The summed E-state index contributed by atoms with van der Waals surface area (Å²) >= 11 is 0. The van der Waals surface area contributed by atoms with Crippen molar-refractivity contribution in [3.63, 3.8) is 0 Å². The molecule has 0 aliphatic heterocycles. The molecule has 0 bridgehead atoms. The van der Waals surface area contributed by atoms with E-state index in [0.717, 1.165) is 27.8 Å². The van der Waals surface area contributed by atoms with Crippen LogP contribution in [0.25, 0.3) is 10.9 Å². The summed E-state index contributed by atoms with van der Waals surface area (Å²) in [6, 6.07) is 9.18. The van der Waals surface area contributed by atoms with E-state index in [4.69, 9.17) is 9.47 Å². The van der Waals surface area contributed by atoms with Gasteiger partial charge in [-0.2, -0.15) is 0 Å². The van der Waals surface area contributed by atoms with Crippen molar-refractivity contribution in [3.05, 3.63) is 53.2 Å². The topological polar surface area (TPSA) is 80.4 Å². The minimum Gasteiger partial charge on any atom is -0.497 e. The average molecular weight is 388 g/mol. The molecular formula is C20H24N2O4S. The highest BCUT2D eigenvalue weighted by Crippen LogP contribution is 2.26. The van der Waals surface area contributed by atoms with Crippen molar-refractivity contribution in [2.75, 3.05) is 20.8 Å². The molecule has 0 atom stereocenters. The van der Waals surface area contributed by atoms with Gasteiger partial charge in [-0.25, -0.2) is 13.1 Å². The van der Waals surface area contributed by atoms with Gasteiger partial charge in [-0.3, -0.25) is 0 Å². The van der Waals surface area contributed by atoms with Crippen LogP contribution in [0.4, 0.5) is 0 Å². The van der Waals surface area contributed by atoms with E-state index in [1.165, 1.54) is 0 Å². The van der Waals surface area contributed by atoms with Gasteiger partial charge in [-0.15, -0.1) is 0 Å². The van der Waals surface area contributed by atoms with E-state index in [9.17, 15) is 8.42 Å². The highest BCUT2D eigenvalue weighted by atomic mass is 32.2. The van der Waals surface area contributed by atoms with Gasteiger partial charge >= 0.3 is 0 Å². The van der Waals surface area contributed by atoms with Crippen LogP contribution in [0.5, 0.6) is 11.5 Å². The first-order chi connectivity index (χ1) is 12.9. The monoisotopic (exact) mass is 388 g/mol. The summed E-state index contributed by atoms with van der Waals surface area (Å²) in [4.78, 5) is 3.48. The molecule has 0 radical (unpaired) electrons. The normalized spacial score (nSPS) is 11.7. The summed E-state index contributed by atoms with van der Waals surface area (Å²) in [5.74, 6) is 1.45. The van der Waals surface area contributed by atoms with E-state index in [-0.39, 0.29) is 4.90 Å². The lowest BCUT2D eigenvalue weighted by molar-refractivity contribution is 0.411. The Balaban J connectivity index is 1.76. The van der Waals surface area contributed by atoms with Crippen molar-refractivity contribution >= 4 is 20.9 Å². The zero-order chi connectivity index (χ0) is 19.6. The first-order valence-corrected chi connectivity index (χ1v) is 10.1. The number of nitrogens with one attached hydrogen (secondary N) is 2. The highest BCUT2D eigenvalue weighted by Gasteiger charge is 2.18. The number of hydrogen-bond donors (Lipinski definition) is 2. The van der Waals surface area contributed by atoms with Crippen molar-refractivity contribution in [1.82, 2.24) is 9.71 Å². The Labute approximate surface area is 159 Å². The van der Waals surface area contributed by atoms with Crippen LogP contribution >= 0.6 is 0 Å². The van der Waals surface area contributed by atoms with Gasteiger partial charge in [-0.05, 0) is 67.3 Å². The van der Waals surface area contributed by atoms with Gasteiger partial charge in [0.25, 0.3) is 0 Å². The van der Waals surface area contributed by atoms with Crippen LogP contribution in [0.1, 0.15) is 16.7 Å². The van der Waals surface area contributed by atoms with Crippen molar-refractivity contribution < 1.29 is 17.9 Å². The molecule has 0 fully saturated rings. The summed E-state index contributed by atoms with van der Waals surface area (Å²) in [6.07, 6.45) is 2.47. The quantitative estimate of drug-likeness (QED) is 0.651. The van der Waals surface area contributed by atoms with Crippen LogP contribution in [-0.4, -0.2) is 34.2 Å². The second-order valence-electron chi connectivity index (χ2n) is 6.46. The van der Waals surface area contributed by atoms with E-state index in [1.807, 2.05) is 31.3 Å². The molecule has 0 amide bonds. The van der Waals surface area contributed by atoms with Crippen molar-refractivity contribution in [2.45, 2.75) is 25.2 Å². The van der Waals surface area contributed by atoms with Gasteiger partial charge < -0.3 is 14.5 Å². The van der Waals surface area contributed by atoms with Crippen LogP contribution in [0.15, 0.2) is 41.4 Å². The molecule has 0 aliphatic rings. The predicted octanol–water partition coefficient (Wildman–Crippen LogP) is 3.32. The number of fused-ring (bicyclic) bond motifs is 1. The molecule has 6 nitrogen and oxygen atoms in total. The van der Waals surface area contributed by atoms with E-state index < -0.39 is 10.0 Å². The SMILES string of the molecule is COc1ccc2[nH]cc(CCNS(=O)(=O)c3cc(C)c(OC)cc3C)c2c1. The molecule has 27 heavy (non-hydrogen) atoms. The molecule has 2 aromatic carbocycles. The molecule has 0 aliphatic carbocycles. The molecular weight excluding hydrogens is 364 g/mol. The van der Waals surface area contributed by atoms with Crippen LogP contribution in [0.3, 0.4) is 0 Å². The average Bonchev–Trinajstić information content (AvgIpc) is 3.05. The minimum absolute atomic E-state index is 0.279. The van der Waals surface area contributed by atoms with Crippen molar-refractivity contribution in [2.24, 2.45) is 0 Å². The van der Waals surface area contributed by atoms with Gasteiger partial charge in [0.2, 0.25) is 10.0 Å². The van der Waals surface area contributed by atoms with Crippen molar-refractivity contribution in [3.8, 4) is 11.5 Å². The van der Waals surface area contributed by atoms with Gasteiger partial charge in [0, 0.05) is 23.6 Å². The third-order valence-electron chi connectivity index (χ3n) is 4.64. The number of aromatic amines is 1. The number of H-pyrrole nitrogens is 1. The zero-order valence-corrected chi connectivity index (χ0v) is 16.7. The lowest BCUT2D eigenvalue weighted by atomic mass is 10.1. The number of methoxy groups -OCH3 is 2. The number of aryl methyl sites for hydroxylation is 2. The number of ether oxygens (including phenoxy) is 2. The zero-order valence-electron chi connectivity index (χ0n) is 15.9. The number of aromatic nitrogens is 1. The maximum Gasteiger partial charge on any atom is 0.240 e. The highest BCUT2D eigenvalue weighted by molar-refractivity contribution is 7.89. The standard InChI is InChI=1S/C20H24N2O4S/c1-13-10-20(14(2)9-19(13)26-4)27(23,24)22-8-7-15-12-21-18-6-5-16(25-3)11-17(15)18/h5-6,9-12,21-22H,7-8H2,1-4H3. The maximum atomic E-state index is 12.7. The fourth-order valence-corrected chi connectivity index (χ4v) is 4.50. The number of hydrogen-bond acceptors (Lipinski definition) is 4. The largest absolute Gasteiger partial charge is 0.497 e. The van der Waals surface area contributed by atoms with Crippen LogP contribution in [0, 0.1) is 13.8 Å². The van der Waals surface area contributed by atoms with Crippen molar-refractivity contribution in [1.29, 1.82) is 0 Å². The number of benzene rings is 2. The van der Waals surface area contributed by atoms with E-state index in [1.54, 1.807) is 33.3 Å². The summed E-state index contributed by atoms with van der Waals surface area (Å²) < 4.78 is 38.7. The number of sulfonamides is 1. The Hall–Kier alpha value is -2.51. The van der Waals surface area contributed by atoms with Crippen LogP contribution in [0.2, 0.25) is 0 Å². The second-order valence-corrected chi connectivity index (χ2v) is 8.20. The molecule has 7 heteroatoms. The van der Waals surface area contributed by atoms with Crippen LogP contribution in [-0.2, 0) is 16.4 Å². The van der Waals surface area contributed by atoms with E-state index in [0.29, 0.717) is 24.3 Å². The molecule has 3 aromatic rings. The van der Waals surface area contributed by atoms with Gasteiger partial charge in [0.1, 0.15) is 11.5 Å². The molecule has 1 aromatic heterocycles. The second kappa shape index (κ2) is 7.62. The number of rotatable bonds is 7. The van der Waals surface area contributed by atoms with E-state index >= 15 is 0 Å². The van der Waals surface area contributed by atoms with Crippen LogP contribution < -0.4 is 14.2 Å².